The molecule has 1 heterocycles. The topological polar surface area (TPSA) is 42.8 Å². The maximum atomic E-state index is 12.8. The van der Waals surface area contributed by atoms with Crippen molar-refractivity contribution >= 4 is 17.2 Å². The Morgan fingerprint density at radius 1 is 1.14 bits per heavy atom. The number of carbonyl (C=O) groups excluding carboxylic acids is 1. The summed E-state index contributed by atoms with van der Waals surface area (Å²) in [6.07, 6.45) is 0. The number of thiophene rings is 1. The van der Waals surface area contributed by atoms with Gasteiger partial charge in [0.05, 0.1) is 20.2 Å². The summed E-state index contributed by atoms with van der Waals surface area (Å²) in [6, 6.07) is 20.2. The quantitative estimate of drug-likeness (QED) is 0.616. The minimum absolute atomic E-state index is 0.0337. The van der Waals surface area contributed by atoms with E-state index >= 15 is 0 Å². The van der Waals surface area contributed by atoms with Crippen molar-refractivity contribution in [2.24, 2.45) is 0 Å². The first kappa shape index (κ1) is 20.1. The van der Waals surface area contributed by atoms with Crippen LogP contribution in [-0.2, 0) is 11.3 Å². The molecule has 4 nitrogen and oxygen atoms in total. The minimum Gasteiger partial charge on any atom is -0.496 e. The van der Waals surface area contributed by atoms with Crippen molar-refractivity contribution in [1.82, 2.24) is 5.32 Å². The van der Waals surface area contributed by atoms with E-state index in [4.69, 9.17) is 4.74 Å². The first-order valence-corrected chi connectivity index (χ1v) is 10.3. The molecule has 0 saturated heterocycles. The van der Waals surface area contributed by atoms with Crippen LogP contribution < -0.4 is 15.0 Å². The molecule has 0 saturated carbocycles. The molecule has 0 radical (unpaired) electrons. The number of hydrogen-bond donors (Lipinski definition) is 2. The van der Waals surface area contributed by atoms with Gasteiger partial charge in [-0.15, -0.1) is 11.3 Å². The predicted octanol–water partition coefficient (Wildman–Crippen LogP) is 2.99. The molecule has 1 unspecified atom stereocenters. The molecule has 0 aliphatic rings. The molecule has 3 rings (SSSR count). The molecule has 0 aliphatic carbocycles. The van der Waals surface area contributed by atoms with E-state index in [1.54, 1.807) is 18.4 Å². The fraction of sp³-hybridized carbons (Fsp3) is 0.261. The summed E-state index contributed by atoms with van der Waals surface area (Å²) in [6.45, 7) is 3.19. The van der Waals surface area contributed by atoms with Crippen molar-refractivity contribution in [3.63, 3.8) is 0 Å². The molecular formula is C23H27N2O2S+. The number of amides is 1. The number of quaternary nitrogens is 1. The van der Waals surface area contributed by atoms with Crippen LogP contribution in [0.3, 0.4) is 0 Å². The zero-order chi connectivity index (χ0) is 19.9. The zero-order valence-corrected chi connectivity index (χ0v) is 17.4. The molecule has 2 N–H and O–H groups in total. The van der Waals surface area contributed by atoms with Gasteiger partial charge in [0.15, 0.2) is 6.54 Å². The Labute approximate surface area is 170 Å². The average molecular weight is 396 g/mol. The molecule has 0 aliphatic heterocycles. The number of aryl methyl sites for hydroxylation is 1. The second kappa shape index (κ2) is 9.53. The van der Waals surface area contributed by atoms with Crippen LogP contribution >= 0.6 is 11.3 Å². The number of methoxy groups -OCH3 is 1. The van der Waals surface area contributed by atoms with Crippen molar-refractivity contribution in [3.05, 3.63) is 87.6 Å². The molecule has 2 aromatic carbocycles. The largest absolute Gasteiger partial charge is 0.496 e. The van der Waals surface area contributed by atoms with Gasteiger partial charge in [0.25, 0.3) is 5.91 Å². The van der Waals surface area contributed by atoms with Crippen LogP contribution in [0.25, 0.3) is 0 Å². The number of benzene rings is 2. The average Bonchev–Trinajstić information content (AvgIpc) is 3.21. The number of carbonyl (C=O) groups is 1. The Balaban J connectivity index is 1.67. The van der Waals surface area contributed by atoms with E-state index < -0.39 is 0 Å². The van der Waals surface area contributed by atoms with Crippen molar-refractivity contribution in [2.75, 3.05) is 20.7 Å². The van der Waals surface area contributed by atoms with Gasteiger partial charge < -0.3 is 15.0 Å². The fourth-order valence-corrected chi connectivity index (χ4v) is 4.14. The van der Waals surface area contributed by atoms with Gasteiger partial charge in [-0.3, -0.25) is 4.79 Å². The maximum absolute atomic E-state index is 12.8. The van der Waals surface area contributed by atoms with Gasteiger partial charge in [-0.25, -0.2) is 0 Å². The van der Waals surface area contributed by atoms with Gasteiger partial charge in [0.2, 0.25) is 0 Å². The highest BCUT2D eigenvalue weighted by Crippen LogP contribution is 2.25. The molecule has 0 bridgehead atoms. The third-order valence-electron chi connectivity index (χ3n) is 4.66. The summed E-state index contributed by atoms with van der Waals surface area (Å²) in [5.74, 6) is 0.900. The Morgan fingerprint density at radius 2 is 1.93 bits per heavy atom. The highest BCUT2D eigenvalue weighted by atomic mass is 32.1. The van der Waals surface area contributed by atoms with Crippen LogP contribution in [0.2, 0.25) is 0 Å². The summed E-state index contributed by atoms with van der Waals surface area (Å²) >= 11 is 1.66. The lowest BCUT2D eigenvalue weighted by Crippen LogP contribution is -3.08. The lowest BCUT2D eigenvalue weighted by Gasteiger charge is -2.20. The zero-order valence-electron chi connectivity index (χ0n) is 16.6. The number of hydrogen-bond acceptors (Lipinski definition) is 3. The normalized spacial score (nSPS) is 13.0. The van der Waals surface area contributed by atoms with E-state index in [0.29, 0.717) is 6.54 Å². The Bertz CT molecular complexity index is 894. The number of nitrogens with one attached hydrogen (secondary N) is 2. The van der Waals surface area contributed by atoms with Crippen LogP contribution in [-0.4, -0.2) is 26.6 Å². The number of rotatable bonds is 8. The summed E-state index contributed by atoms with van der Waals surface area (Å²) in [5, 5.41) is 5.25. The monoisotopic (exact) mass is 395 g/mol. The summed E-state index contributed by atoms with van der Waals surface area (Å²) in [4.78, 5) is 15.0. The van der Waals surface area contributed by atoms with Crippen LogP contribution in [0.1, 0.15) is 27.6 Å². The predicted molar refractivity (Wildman–Crippen MR) is 114 cm³/mol. The van der Waals surface area contributed by atoms with E-state index in [-0.39, 0.29) is 11.9 Å². The second-order valence-electron chi connectivity index (χ2n) is 7.05. The lowest BCUT2D eigenvalue weighted by molar-refractivity contribution is -0.885. The van der Waals surface area contributed by atoms with E-state index in [1.807, 2.05) is 48.8 Å². The van der Waals surface area contributed by atoms with Gasteiger partial charge in [0.1, 0.15) is 12.3 Å². The smallest absolute Gasteiger partial charge is 0.275 e. The van der Waals surface area contributed by atoms with Crippen LogP contribution in [0.5, 0.6) is 5.75 Å². The van der Waals surface area contributed by atoms with Crippen molar-refractivity contribution in [1.29, 1.82) is 0 Å². The van der Waals surface area contributed by atoms with E-state index in [2.05, 4.69) is 36.5 Å². The maximum Gasteiger partial charge on any atom is 0.275 e. The van der Waals surface area contributed by atoms with Gasteiger partial charge in [-0.2, -0.15) is 0 Å². The SMILES string of the molecule is COc1ccc(C)cc1C[NH+](C)CC(=O)N[C@H](c1ccccc1)c1cccs1. The van der Waals surface area contributed by atoms with Gasteiger partial charge >= 0.3 is 0 Å². The highest BCUT2D eigenvalue weighted by Gasteiger charge is 2.20. The molecule has 0 spiro atoms. The Morgan fingerprint density at radius 3 is 2.61 bits per heavy atom. The van der Waals surface area contributed by atoms with Crippen LogP contribution in [0.15, 0.2) is 66.0 Å². The summed E-state index contributed by atoms with van der Waals surface area (Å²) < 4.78 is 5.47. The van der Waals surface area contributed by atoms with Crippen molar-refractivity contribution < 1.29 is 14.4 Å². The molecule has 28 heavy (non-hydrogen) atoms. The third kappa shape index (κ3) is 5.21. The molecule has 1 aromatic heterocycles. The Hall–Kier alpha value is -2.63. The lowest BCUT2D eigenvalue weighted by atomic mass is 10.1. The van der Waals surface area contributed by atoms with Gasteiger partial charge in [0, 0.05) is 10.4 Å². The minimum atomic E-state index is -0.116. The Kier molecular flexibility index (Phi) is 6.85. The second-order valence-corrected chi connectivity index (χ2v) is 8.03. The highest BCUT2D eigenvalue weighted by molar-refractivity contribution is 7.10. The summed E-state index contributed by atoms with van der Waals surface area (Å²) in [7, 11) is 3.71. The van der Waals surface area contributed by atoms with E-state index in [0.717, 1.165) is 33.2 Å². The van der Waals surface area contributed by atoms with Crippen LogP contribution in [0.4, 0.5) is 0 Å². The molecule has 5 heteroatoms. The van der Waals surface area contributed by atoms with Gasteiger partial charge in [-0.1, -0.05) is 48.0 Å². The van der Waals surface area contributed by atoms with E-state index in [9.17, 15) is 4.79 Å². The molecule has 146 valence electrons. The first-order chi connectivity index (χ1) is 13.6. The van der Waals surface area contributed by atoms with Crippen LogP contribution in [0, 0.1) is 6.92 Å². The molecule has 0 fully saturated rings. The summed E-state index contributed by atoms with van der Waals surface area (Å²) in [5.41, 5.74) is 3.40. The number of ether oxygens (including phenoxy) is 1. The van der Waals surface area contributed by atoms with E-state index in [1.165, 1.54) is 5.56 Å². The molecular weight excluding hydrogens is 368 g/mol. The van der Waals surface area contributed by atoms with Crippen molar-refractivity contribution in [2.45, 2.75) is 19.5 Å². The van der Waals surface area contributed by atoms with Crippen molar-refractivity contribution in [3.8, 4) is 5.75 Å². The third-order valence-corrected chi connectivity index (χ3v) is 5.59. The molecule has 1 amide bonds. The van der Waals surface area contributed by atoms with Gasteiger partial charge in [-0.05, 0) is 36.1 Å². The molecule has 3 aromatic rings. The standard InChI is InChI=1S/C23H26N2O2S/c1-17-11-12-20(27-3)19(14-17)15-25(2)16-22(26)24-23(21-10-7-13-28-21)18-8-5-4-6-9-18/h4-14,23H,15-16H2,1-3H3,(H,24,26)/p+1/t23-/m1/s1. The molecule has 2 atom stereocenters. The number of likely N-dealkylation sites (N-methyl/N-ethyl adjacent to an activating group) is 1. The fourth-order valence-electron chi connectivity index (χ4n) is 3.34. The first-order valence-electron chi connectivity index (χ1n) is 9.39.